The van der Waals surface area contributed by atoms with Crippen molar-refractivity contribution >= 4 is 38.9 Å². The van der Waals surface area contributed by atoms with Gasteiger partial charge in [-0.3, -0.25) is 0 Å². The number of rotatable bonds is 13. The highest BCUT2D eigenvalue weighted by Crippen LogP contribution is 2.33. The van der Waals surface area contributed by atoms with Gasteiger partial charge in [0.05, 0.1) is 24.7 Å². The average molecular weight is 601 g/mol. The number of aliphatic hydroxyl groups excluding tert-OH is 1. The highest BCUT2D eigenvalue weighted by atomic mass is 32.2. The molecule has 40 heavy (non-hydrogen) atoms. The molecule has 0 amide bonds. The first-order chi connectivity index (χ1) is 19.2. The summed E-state index contributed by atoms with van der Waals surface area (Å²) in [6.45, 7) is -0.164. The molecule has 210 valence electrons. The van der Waals surface area contributed by atoms with Crippen LogP contribution in [0.15, 0.2) is 99.7 Å². The van der Waals surface area contributed by atoms with Gasteiger partial charge in [0, 0.05) is 17.3 Å². The van der Waals surface area contributed by atoms with Gasteiger partial charge in [-0.05, 0) is 41.0 Å². The van der Waals surface area contributed by atoms with Crippen molar-refractivity contribution in [1.29, 1.82) is 0 Å². The molecule has 0 bridgehead atoms. The summed E-state index contributed by atoms with van der Waals surface area (Å²) in [7, 11) is -3.22. The summed E-state index contributed by atoms with van der Waals surface area (Å²) in [6.07, 6.45) is -1.79. The number of hydrogen-bond donors (Lipinski definition) is 3. The molecule has 0 aliphatic rings. The first-order valence-corrected chi connectivity index (χ1v) is 15.4. The van der Waals surface area contributed by atoms with Crippen molar-refractivity contribution in [2.75, 3.05) is 12.9 Å². The molecule has 4 N–H and O–H groups in total. The predicted octanol–water partition coefficient (Wildman–Crippen LogP) is 4.07. The van der Waals surface area contributed by atoms with Gasteiger partial charge in [-0.1, -0.05) is 66.4 Å². The van der Waals surface area contributed by atoms with Crippen molar-refractivity contribution in [3.8, 4) is 16.9 Å². The van der Waals surface area contributed by atoms with Gasteiger partial charge in [-0.2, -0.15) is 0 Å². The van der Waals surface area contributed by atoms with Crippen molar-refractivity contribution < 1.29 is 32.9 Å². The second-order valence-electron chi connectivity index (χ2n) is 8.75. The predicted molar refractivity (Wildman–Crippen MR) is 154 cm³/mol. The average Bonchev–Trinajstić information content (AvgIpc) is 3.50. The molecule has 0 fully saturated rings. The molecular formula is C28H28N2O7S3. The first kappa shape index (κ1) is 29.7. The third-order valence-electron chi connectivity index (χ3n) is 6.20. The molecule has 3 atom stereocenters. The number of aliphatic hydroxyl groups is 1. The minimum atomic E-state index is -4.78. The van der Waals surface area contributed by atoms with Crippen molar-refractivity contribution in [3.05, 3.63) is 96.0 Å². The second-order valence-corrected chi connectivity index (χ2v) is 13.1. The molecule has 4 aromatic rings. The number of aliphatic carboxylic acids is 1. The summed E-state index contributed by atoms with van der Waals surface area (Å²) in [5, 5.41) is 23.1. The summed E-state index contributed by atoms with van der Waals surface area (Å²) in [5.41, 5.74) is 8.45. The highest BCUT2D eigenvalue weighted by Gasteiger charge is 2.58. The number of thiazole rings is 1. The van der Waals surface area contributed by atoms with Gasteiger partial charge >= 0.3 is 5.97 Å². The van der Waals surface area contributed by atoms with Crippen LogP contribution in [0.25, 0.3) is 11.1 Å². The van der Waals surface area contributed by atoms with Crippen LogP contribution in [-0.2, 0) is 26.0 Å². The molecule has 12 heteroatoms. The summed E-state index contributed by atoms with van der Waals surface area (Å²) in [4.78, 5) is 13.5. The SMILES string of the molecule is COc1ccc(-c2ccc(S(=O)(=O)C(N)(C(=O)O)C(OCc3ccccc3)C(O)CSc3nccs3)cc2)cc1. The molecule has 1 aromatic heterocycles. The van der Waals surface area contributed by atoms with Gasteiger partial charge in [0.1, 0.15) is 16.2 Å². The van der Waals surface area contributed by atoms with E-state index in [0.29, 0.717) is 21.2 Å². The lowest BCUT2D eigenvalue weighted by molar-refractivity contribution is -0.149. The van der Waals surface area contributed by atoms with Gasteiger partial charge < -0.3 is 25.4 Å². The third-order valence-corrected chi connectivity index (χ3v) is 10.5. The number of thioether (sulfide) groups is 1. The number of nitrogens with two attached hydrogens (primary N) is 1. The maximum Gasteiger partial charge on any atom is 0.342 e. The molecule has 3 unspecified atom stereocenters. The van der Waals surface area contributed by atoms with Crippen molar-refractivity contribution in [1.82, 2.24) is 4.98 Å². The van der Waals surface area contributed by atoms with E-state index in [9.17, 15) is 23.4 Å². The molecule has 4 rings (SSSR count). The Kier molecular flexibility index (Phi) is 9.61. The van der Waals surface area contributed by atoms with E-state index in [1.807, 2.05) is 12.1 Å². The van der Waals surface area contributed by atoms with Crippen LogP contribution in [0.5, 0.6) is 5.75 Å². The minimum Gasteiger partial charge on any atom is -0.497 e. The van der Waals surface area contributed by atoms with Crippen LogP contribution < -0.4 is 10.5 Å². The van der Waals surface area contributed by atoms with E-state index in [0.717, 1.165) is 17.3 Å². The number of hydrogen-bond acceptors (Lipinski definition) is 10. The summed E-state index contributed by atoms with van der Waals surface area (Å²) in [6, 6.07) is 21.7. The van der Waals surface area contributed by atoms with Crippen LogP contribution in [0.3, 0.4) is 0 Å². The lowest BCUT2D eigenvalue weighted by atomic mass is 10.1. The van der Waals surface area contributed by atoms with Crippen molar-refractivity contribution in [2.45, 2.75) is 32.9 Å². The van der Waals surface area contributed by atoms with E-state index in [1.165, 1.54) is 23.5 Å². The molecule has 0 aliphatic heterocycles. The van der Waals surface area contributed by atoms with E-state index in [1.54, 1.807) is 73.3 Å². The molecule has 0 saturated carbocycles. The number of ether oxygens (including phenoxy) is 2. The minimum absolute atomic E-state index is 0.0921. The highest BCUT2D eigenvalue weighted by molar-refractivity contribution is 8.01. The van der Waals surface area contributed by atoms with Crippen LogP contribution in [0.1, 0.15) is 5.56 Å². The largest absolute Gasteiger partial charge is 0.497 e. The zero-order chi connectivity index (χ0) is 28.8. The van der Waals surface area contributed by atoms with Crippen LogP contribution in [0.2, 0.25) is 0 Å². The molecule has 9 nitrogen and oxygen atoms in total. The normalized spacial score (nSPS) is 14.7. The first-order valence-electron chi connectivity index (χ1n) is 12.0. The fourth-order valence-corrected chi connectivity index (χ4v) is 7.27. The van der Waals surface area contributed by atoms with Gasteiger partial charge in [-0.15, -0.1) is 11.3 Å². The summed E-state index contributed by atoms with van der Waals surface area (Å²) in [5.74, 6) is -1.26. The summed E-state index contributed by atoms with van der Waals surface area (Å²) < 4.78 is 39.4. The second kappa shape index (κ2) is 12.9. The molecule has 0 saturated heterocycles. The number of methoxy groups -OCH3 is 1. The number of sulfone groups is 1. The number of nitrogens with zero attached hydrogens (tertiary/aromatic N) is 1. The lowest BCUT2D eigenvalue weighted by Crippen LogP contribution is -2.67. The molecular weight excluding hydrogens is 573 g/mol. The van der Waals surface area contributed by atoms with Crippen molar-refractivity contribution in [2.24, 2.45) is 5.73 Å². The number of benzene rings is 3. The van der Waals surface area contributed by atoms with E-state index in [-0.39, 0.29) is 17.3 Å². The Bertz CT molecular complexity index is 1500. The zero-order valence-corrected chi connectivity index (χ0v) is 23.9. The van der Waals surface area contributed by atoms with Gasteiger partial charge in [0.15, 0.2) is 0 Å². The molecule has 0 spiro atoms. The Morgan fingerprint density at radius 3 is 2.23 bits per heavy atom. The quantitative estimate of drug-likeness (QED) is 0.192. The van der Waals surface area contributed by atoms with Gasteiger partial charge in [-0.25, -0.2) is 18.2 Å². The molecule has 3 aromatic carbocycles. The maximum absolute atomic E-state index is 13.9. The van der Waals surface area contributed by atoms with Crippen molar-refractivity contribution in [3.63, 3.8) is 0 Å². The zero-order valence-electron chi connectivity index (χ0n) is 21.4. The number of carboxylic acid groups (broad SMARTS) is 1. The number of carbonyl (C=O) groups is 1. The lowest BCUT2D eigenvalue weighted by Gasteiger charge is -2.35. The Morgan fingerprint density at radius 1 is 1.05 bits per heavy atom. The van der Waals surface area contributed by atoms with E-state index in [4.69, 9.17) is 15.2 Å². The van der Waals surface area contributed by atoms with Crippen LogP contribution in [-0.4, -0.2) is 59.5 Å². The van der Waals surface area contributed by atoms with E-state index in [2.05, 4.69) is 4.98 Å². The summed E-state index contributed by atoms with van der Waals surface area (Å²) >= 11 is 2.48. The third kappa shape index (κ3) is 6.38. The Hall–Kier alpha value is -3.26. The fourth-order valence-electron chi connectivity index (χ4n) is 4.00. The van der Waals surface area contributed by atoms with E-state index < -0.39 is 32.9 Å². The van der Waals surface area contributed by atoms with Crippen LogP contribution >= 0.6 is 23.1 Å². The Balaban J connectivity index is 1.67. The molecule has 0 radical (unpaired) electrons. The smallest absolute Gasteiger partial charge is 0.342 e. The standard InChI is InChI=1S/C28H28N2O7S3/c1-36-22-11-7-20(8-12-22)21-9-13-23(14-10-21)40(34,35)28(29,26(32)33)25(37-17-19-5-3-2-4-6-19)24(31)18-39-27-30-15-16-38-27/h2-16,24-25,31H,17-18,29H2,1H3,(H,32,33). The monoisotopic (exact) mass is 600 g/mol. The maximum atomic E-state index is 13.9. The van der Waals surface area contributed by atoms with Crippen LogP contribution in [0.4, 0.5) is 0 Å². The molecule has 0 aliphatic carbocycles. The fraction of sp³-hybridized carbons (Fsp3) is 0.214. The Labute approximate surface area is 240 Å². The van der Waals surface area contributed by atoms with Gasteiger partial charge in [0.25, 0.3) is 0 Å². The van der Waals surface area contributed by atoms with Gasteiger partial charge in [0.2, 0.25) is 14.7 Å². The van der Waals surface area contributed by atoms with E-state index >= 15 is 0 Å². The Morgan fingerprint density at radius 2 is 1.68 bits per heavy atom. The number of carboxylic acids is 1. The topological polar surface area (TPSA) is 149 Å². The van der Waals surface area contributed by atoms with Crippen LogP contribution in [0, 0.1) is 0 Å². The number of aromatic nitrogens is 1. The molecule has 1 heterocycles.